The molecule has 2 aliphatic heterocycles. The van der Waals surface area contributed by atoms with Crippen LogP contribution in [0.25, 0.3) is 0 Å². The first-order valence-electron chi connectivity index (χ1n) is 12.0. The van der Waals surface area contributed by atoms with Crippen LogP contribution in [-0.2, 0) is 11.3 Å². The van der Waals surface area contributed by atoms with Gasteiger partial charge < -0.3 is 20.9 Å². The summed E-state index contributed by atoms with van der Waals surface area (Å²) in [6.07, 6.45) is 5.18. The van der Waals surface area contributed by atoms with Gasteiger partial charge in [0.15, 0.2) is 5.96 Å². The number of halogens is 1. The summed E-state index contributed by atoms with van der Waals surface area (Å²) < 4.78 is 0. The van der Waals surface area contributed by atoms with Crippen LogP contribution >= 0.6 is 24.0 Å². The Labute approximate surface area is 215 Å². The molecular weight excluding hydrogens is 531 g/mol. The highest BCUT2D eigenvalue weighted by atomic mass is 127. The highest BCUT2D eigenvalue weighted by Gasteiger charge is 2.22. The van der Waals surface area contributed by atoms with E-state index in [4.69, 9.17) is 4.99 Å². The minimum Gasteiger partial charge on any atom is -0.357 e. The molecule has 2 amide bonds. The number of nitrogens with zero attached hydrogens (tertiary/aromatic N) is 3. The van der Waals surface area contributed by atoms with E-state index in [0.717, 1.165) is 31.2 Å². The van der Waals surface area contributed by atoms with Crippen molar-refractivity contribution >= 4 is 41.8 Å². The summed E-state index contributed by atoms with van der Waals surface area (Å²) in [5, 5.41) is 9.51. The fourth-order valence-corrected chi connectivity index (χ4v) is 4.39. The maximum Gasteiger partial charge on any atom is 0.254 e. The number of benzene rings is 1. The topological polar surface area (TPSA) is 89.1 Å². The minimum absolute atomic E-state index is 0. The Hall–Kier alpha value is -1.88. The van der Waals surface area contributed by atoms with E-state index < -0.39 is 0 Å². The van der Waals surface area contributed by atoms with Gasteiger partial charge in [0, 0.05) is 44.3 Å². The van der Waals surface area contributed by atoms with Crippen LogP contribution in [0.2, 0.25) is 0 Å². The van der Waals surface area contributed by atoms with Crippen LogP contribution in [0.3, 0.4) is 0 Å². The second-order valence-corrected chi connectivity index (χ2v) is 8.49. The van der Waals surface area contributed by atoms with Crippen LogP contribution in [0, 0.1) is 0 Å². The van der Waals surface area contributed by atoms with Gasteiger partial charge in [0.2, 0.25) is 5.91 Å². The number of likely N-dealkylation sites (tertiary alicyclic amines) is 1. The van der Waals surface area contributed by atoms with Crippen molar-refractivity contribution in [1.82, 2.24) is 25.8 Å². The van der Waals surface area contributed by atoms with E-state index in [1.807, 2.05) is 24.3 Å². The molecule has 0 spiro atoms. The summed E-state index contributed by atoms with van der Waals surface area (Å²) in [7, 11) is 0. The normalized spacial score (nSPS) is 19.5. The van der Waals surface area contributed by atoms with Gasteiger partial charge in [0.1, 0.15) is 0 Å². The van der Waals surface area contributed by atoms with Crippen LogP contribution in [0.1, 0.15) is 55.5 Å². The Kier molecular flexibility index (Phi) is 11.9. The largest absolute Gasteiger partial charge is 0.357 e. The summed E-state index contributed by atoms with van der Waals surface area (Å²) in [4.78, 5) is 33.0. The number of hydrogen-bond acceptors (Lipinski definition) is 4. The van der Waals surface area contributed by atoms with Gasteiger partial charge >= 0.3 is 0 Å². The Bertz CT molecular complexity index is 786. The number of hydrogen-bond donors (Lipinski definition) is 3. The van der Waals surface area contributed by atoms with Crippen molar-refractivity contribution in [3.05, 3.63) is 35.4 Å². The molecule has 1 aromatic carbocycles. The molecule has 0 aliphatic carbocycles. The predicted octanol–water partition coefficient (Wildman–Crippen LogP) is 2.20. The highest BCUT2D eigenvalue weighted by Crippen LogP contribution is 2.18. The maximum atomic E-state index is 12.6. The fraction of sp³-hybridized carbons (Fsp3) is 0.625. The lowest BCUT2D eigenvalue weighted by atomic mass is 10.0. The molecule has 184 valence electrons. The van der Waals surface area contributed by atoms with E-state index >= 15 is 0 Å². The van der Waals surface area contributed by atoms with Crippen LogP contribution < -0.4 is 16.0 Å². The molecule has 8 nitrogen and oxygen atoms in total. The molecule has 2 saturated heterocycles. The molecule has 1 aromatic rings. The second-order valence-electron chi connectivity index (χ2n) is 8.49. The third-order valence-corrected chi connectivity index (χ3v) is 6.20. The minimum atomic E-state index is -0.107. The van der Waals surface area contributed by atoms with E-state index in [9.17, 15) is 9.59 Å². The quantitative estimate of drug-likeness (QED) is 0.254. The third kappa shape index (κ3) is 8.44. The number of carbonyl (C=O) groups excluding carboxylic acids is 2. The van der Waals surface area contributed by atoms with Gasteiger partial charge in [-0.25, -0.2) is 4.99 Å². The Balaban J connectivity index is 0.00000385. The third-order valence-electron chi connectivity index (χ3n) is 6.20. The lowest BCUT2D eigenvalue weighted by molar-refractivity contribution is -0.123. The zero-order chi connectivity index (χ0) is 22.8. The molecular formula is C24H39IN6O2. The average Bonchev–Trinajstić information content (AvgIpc) is 2.82. The first-order valence-corrected chi connectivity index (χ1v) is 12.0. The molecule has 2 aliphatic rings. The van der Waals surface area contributed by atoms with Crippen LogP contribution in [0.4, 0.5) is 0 Å². The summed E-state index contributed by atoms with van der Waals surface area (Å²) >= 11 is 0. The van der Waals surface area contributed by atoms with E-state index in [-0.39, 0.29) is 42.3 Å². The van der Waals surface area contributed by atoms with Gasteiger partial charge in [-0.3, -0.25) is 14.5 Å². The number of nitrogens with one attached hydrogen (secondary N) is 3. The zero-order valence-corrected chi connectivity index (χ0v) is 22.3. The van der Waals surface area contributed by atoms with Crippen molar-refractivity contribution in [3.8, 4) is 0 Å². The molecule has 2 heterocycles. The predicted molar refractivity (Wildman–Crippen MR) is 143 cm³/mol. The average molecular weight is 571 g/mol. The van der Waals surface area contributed by atoms with Crippen molar-refractivity contribution < 1.29 is 9.59 Å². The smallest absolute Gasteiger partial charge is 0.254 e. The molecule has 33 heavy (non-hydrogen) atoms. The van der Waals surface area contributed by atoms with Crippen LogP contribution in [-0.4, -0.2) is 79.4 Å². The highest BCUT2D eigenvalue weighted by molar-refractivity contribution is 14.0. The van der Waals surface area contributed by atoms with Gasteiger partial charge in [-0.1, -0.05) is 25.5 Å². The van der Waals surface area contributed by atoms with Gasteiger partial charge in [-0.2, -0.15) is 0 Å². The van der Waals surface area contributed by atoms with Crippen LogP contribution in [0.5, 0.6) is 0 Å². The number of carbonyl (C=O) groups is 2. The van der Waals surface area contributed by atoms with Crippen molar-refractivity contribution in [2.75, 3.05) is 45.8 Å². The molecule has 3 N–H and O–H groups in total. The maximum absolute atomic E-state index is 12.6. The summed E-state index contributed by atoms with van der Waals surface area (Å²) in [5.41, 5.74) is 1.64. The lowest BCUT2D eigenvalue weighted by Gasteiger charge is -2.35. The number of guanidine groups is 1. The van der Waals surface area contributed by atoms with Crippen molar-refractivity contribution in [3.63, 3.8) is 0 Å². The van der Waals surface area contributed by atoms with Crippen LogP contribution in [0.15, 0.2) is 29.3 Å². The summed E-state index contributed by atoms with van der Waals surface area (Å²) in [6.45, 7) is 9.98. The molecule has 3 rings (SSSR count). The molecule has 0 radical (unpaired) electrons. The van der Waals surface area contributed by atoms with Gasteiger partial charge in [0.05, 0.1) is 13.1 Å². The lowest BCUT2D eigenvalue weighted by Crippen LogP contribution is -2.49. The monoisotopic (exact) mass is 570 g/mol. The Morgan fingerprint density at radius 2 is 1.94 bits per heavy atom. The molecule has 0 saturated carbocycles. The molecule has 1 atom stereocenters. The van der Waals surface area contributed by atoms with Gasteiger partial charge in [0.25, 0.3) is 5.91 Å². The van der Waals surface area contributed by atoms with E-state index in [2.05, 4.69) is 34.7 Å². The van der Waals surface area contributed by atoms with E-state index in [0.29, 0.717) is 31.2 Å². The zero-order valence-electron chi connectivity index (χ0n) is 19.9. The van der Waals surface area contributed by atoms with Gasteiger partial charge in [-0.05, 0) is 50.4 Å². The first kappa shape index (κ1) is 27.4. The number of rotatable bonds is 8. The second kappa shape index (κ2) is 14.4. The van der Waals surface area contributed by atoms with Crippen molar-refractivity contribution in [1.29, 1.82) is 0 Å². The number of amides is 2. The first-order chi connectivity index (χ1) is 15.6. The SMILES string of the molecule is CCNC(=NCc1ccc(C(=O)N2CCNC(=O)C2)cc1)NCCN1CCCCC1CC.I. The fourth-order valence-electron chi connectivity index (χ4n) is 4.39. The number of aliphatic imine (C=N–C) groups is 1. The van der Waals surface area contributed by atoms with E-state index in [1.165, 1.54) is 32.2 Å². The molecule has 0 aromatic heterocycles. The van der Waals surface area contributed by atoms with Crippen molar-refractivity contribution in [2.45, 2.75) is 52.1 Å². The standard InChI is InChI=1S/C24H38N6O2.HI/c1-3-21-7-5-6-14-29(21)15-13-27-24(25-4-2)28-17-19-8-10-20(11-9-19)23(32)30-16-12-26-22(31)18-30;/h8-11,21H,3-7,12-18H2,1-2H3,(H,26,31)(H2,25,27,28);1H. The van der Waals surface area contributed by atoms with Gasteiger partial charge in [-0.15, -0.1) is 24.0 Å². The molecule has 0 bridgehead atoms. The Morgan fingerprint density at radius 1 is 1.15 bits per heavy atom. The van der Waals surface area contributed by atoms with Crippen molar-refractivity contribution in [2.24, 2.45) is 4.99 Å². The van der Waals surface area contributed by atoms with E-state index in [1.54, 1.807) is 4.90 Å². The molecule has 2 fully saturated rings. The number of piperazine rings is 1. The molecule has 9 heteroatoms. The summed E-state index contributed by atoms with van der Waals surface area (Å²) in [5.74, 6) is 0.606. The number of piperidine rings is 1. The Morgan fingerprint density at radius 3 is 2.64 bits per heavy atom. The molecule has 1 unspecified atom stereocenters. The summed E-state index contributed by atoms with van der Waals surface area (Å²) in [6, 6.07) is 8.22.